The van der Waals surface area contributed by atoms with Crippen molar-refractivity contribution in [2.45, 2.75) is 26.1 Å². The number of ether oxygens (including phenoxy) is 6. The third-order valence-corrected chi connectivity index (χ3v) is 5.92. The van der Waals surface area contributed by atoms with Crippen molar-refractivity contribution >= 4 is 0 Å². The fourth-order valence-corrected chi connectivity index (χ4v) is 4.11. The molecule has 2 aromatic rings. The molecule has 1 N–H and O–H groups in total. The van der Waals surface area contributed by atoms with Crippen molar-refractivity contribution in [3.63, 3.8) is 0 Å². The highest BCUT2D eigenvalue weighted by atomic mass is 16.7. The Morgan fingerprint density at radius 3 is 1.86 bits per heavy atom. The zero-order valence-corrected chi connectivity index (χ0v) is 17.2. The third-order valence-electron chi connectivity index (χ3n) is 5.92. The summed E-state index contributed by atoms with van der Waals surface area (Å²) in [4.78, 5) is 0. The van der Waals surface area contributed by atoms with E-state index in [4.69, 9.17) is 28.4 Å². The minimum Gasteiger partial charge on any atom is -0.502 e. The molecule has 2 heterocycles. The van der Waals surface area contributed by atoms with Crippen LogP contribution in [-0.2, 0) is 4.74 Å². The van der Waals surface area contributed by atoms with E-state index in [1.165, 1.54) is 14.2 Å². The van der Waals surface area contributed by atoms with E-state index in [-0.39, 0.29) is 36.6 Å². The van der Waals surface area contributed by atoms with Gasteiger partial charge < -0.3 is 33.5 Å². The average Bonchev–Trinajstić information content (AvgIpc) is 3.32. The average molecular weight is 402 g/mol. The summed E-state index contributed by atoms with van der Waals surface area (Å²) in [7, 11) is 4.64. The molecule has 0 amide bonds. The Labute approximate surface area is 170 Å². The molecule has 4 rings (SSSR count). The van der Waals surface area contributed by atoms with Gasteiger partial charge in [0.05, 0.1) is 33.5 Å². The zero-order valence-electron chi connectivity index (χ0n) is 17.2. The Balaban J connectivity index is 1.69. The standard InChI is InChI=1S/C22H26O7/c1-11-12(2)21(14-8-17(26-5)22-18(9-14)27-10-28-22)29-20(11)13-6-15(24-3)19(23)16(7-13)25-4/h6-9,11-12,20-21,23H,10H2,1-5H3. The summed E-state index contributed by atoms with van der Waals surface area (Å²) in [6.07, 6.45) is -0.334. The predicted octanol–water partition coefficient (Wildman–Crippen LogP) is 4.23. The number of methoxy groups -OCH3 is 3. The maximum absolute atomic E-state index is 10.2. The summed E-state index contributed by atoms with van der Waals surface area (Å²) >= 11 is 0. The summed E-state index contributed by atoms with van der Waals surface area (Å²) in [5, 5.41) is 10.2. The van der Waals surface area contributed by atoms with Gasteiger partial charge >= 0.3 is 0 Å². The lowest BCUT2D eigenvalue weighted by molar-refractivity contribution is 0.0286. The molecular weight excluding hydrogens is 376 g/mol. The van der Waals surface area contributed by atoms with Crippen LogP contribution in [0.25, 0.3) is 0 Å². The minimum absolute atomic E-state index is 0.0190. The van der Waals surface area contributed by atoms with E-state index in [0.29, 0.717) is 28.7 Å². The second-order valence-electron chi connectivity index (χ2n) is 7.43. The molecule has 7 heteroatoms. The molecule has 2 aliphatic heterocycles. The van der Waals surface area contributed by atoms with Gasteiger partial charge in [0.15, 0.2) is 23.0 Å². The molecule has 4 atom stereocenters. The first kappa shape index (κ1) is 19.5. The summed E-state index contributed by atoms with van der Waals surface area (Å²) < 4.78 is 33.7. The van der Waals surface area contributed by atoms with Gasteiger partial charge in [-0.25, -0.2) is 0 Å². The zero-order chi connectivity index (χ0) is 20.7. The Morgan fingerprint density at radius 1 is 0.793 bits per heavy atom. The Kier molecular flexibility index (Phi) is 5.08. The van der Waals surface area contributed by atoms with Crippen LogP contribution in [0, 0.1) is 11.8 Å². The van der Waals surface area contributed by atoms with E-state index < -0.39 is 0 Å². The highest BCUT2D eigenvalue weighted by Crippen LogP contribution is 2.53. The molecule has 156 valence electrons. The Bertz CT molecular complexity index is 861. The van der Waals surface area contributed by atoms with E-state index in [1.54, 1.807) is 19.2 Å². The van der Waals surface area contributed by atoms with Crippen LogP contribution >= 0.6 is 0 Å². The maximum Gasteiger partial charge on any atom is 0.231 e. The van der Waals surface area contributed by atoms with Gasteiger partial charge in [-0.1, -0.05) is 13.8 Å². The molecular formula is C22H26O7. The molecule has 0 radical (unpaired) electrons. The predicted molar refractivity (Wildman–Crippen MR) is 105 cm³/mol. The van der Waals surface area contributed by atoms with Crippen LogP contribution in [0.5, 0.6) is 34.5 Å². The SMILES string of the molecule is COc1cc(C2OC(c3cc(OC)c4c(c3)OCO4)C(C)C2C)cc(OC)c1O. The van der Waals surface area contributed by atoms with Crippen molar-refractivity contribution < 1.29 is 33.5 Å². The van der Waals surface area contributed by atoms with Crippen molar-refractivity contribution in [2.75, 3.05) is 28.1 Å². The van der Waals surface area contributed by atoms with Crippen molar-refractivity contribution in [1.82, 2.24) is 0 Å². The highest BCUT2D eigenvalue weighted by Gasteiger charge is 2.42. The van der Waals surface area contributed by atoms with Gasteiger partial charge in [0.25, 0.3) is 0 Å². The highest BCUT2D eigenvalue weighted by molar-refractivity contribution is 5.56. The molecule has 1 saturated heterocycles. The van der Waals surface area contributed by atoms with E-state index in [1.807, 2.05) is 12.1 Å². The smallest absolute Gasteiger partial charge is 0.231 e. The number of phenolic OH excluding ortho intramolecular Hbond substituents is 1. The molecule has 2 aliphatic rings. The molecule has 0 aromatic heterocycles. The Hall–Kier alpha value is -2.80. The summed E-state index contributed by atoms with van der Waals surface area (Å²) in [5.74, 6) is 3.07. The molecule has 4 unspecified atom stereocenters. The first-order chi connectivity index (χ1) is 14.0. The molecule has 1 fully saturated rings. The Morgan fingerprint density at radius 2 is 1.31 bits per heavy atom. The first-order valence-electron chi connectivity index (χ1n) is 9.56. The minimum atomic E-state index is -0.185. The van der Waals surface area contributed by atoms with Crippen LogP contribution in [0.2, 0.25) is 0 Å². The number of benzene rings is 2. The van der Waals surface area contributed by atoms with Gasteiger partial charge in [-0.3, -0.25) is 0 Å². The molecule has 0 spiro atoms. The van der Waals surface area contributed by atoms with Crippen molar-refractivity contribution in [1.29, 1.82) is 0 Å². The van der Waals surface area contributed by atoms with Gasteiger partial charge in [0.2, 0.25) is 18.3 Å². The fraction of sp³-hybridized carbons (Fsp3) is 0.455. The van der Waals surface area contributed by atoms with Gasteiger partial charge in [-0.15, -0.1) is 0 Å². The molecule has 0 aliphatic carbocycles. The largest absolute Gasteiger partial charge is 0.502 e. The number of hydrogen-bond donors (Lipinski definition) is 1. The van der Waals surface area contributed by atoms with Crippen LogP contribution in [-0.4, -0.2) is 33.2 Å². The van der Waals surface area contributed by atoms with Crippen LogP contribution in [0.15, 0.2) is 24.3 Å². The monoisotopic (exact) mass is 402 g/mol. The van der Waals surface area contributed by atoms with Gasteiger partial charge in [0.1, 0.15) is 0 Å². The van der Waals surface area contributed by atoms with Crippen LogP contribution < -0.4 is 23.7 Å². The van der Waals surface area contributed by atoms with Crippen LogP contribution in [0.4, 0.5) is 0 Å². The van der Waals surface area contributed by atoms with E-state index in [9.17, 15) is 5.11 Å². The lowest BCUT2D eigenvalue weighted by atomic mass is 9.85. The quantitative estimate of drug-likeness (QED) is 0.802. The van der Waals surface area contributed by atoms with Gasteiger partial charge in [-0.05, 0) is 47.2 Å². The van der Waals surface area contributed by atoms with Crippen molar-refractivity contribution in [2.24, 2.45) is 11.8 Å². The van der Waals surface area contributed by atoms with E-state index in [0.717, 1.165) is 11.1 Å². The second kappa shape index (κ2) is 7.55. The lowest BCUT2D eigenvalue weighted by Gasteiger charge is -2.19. The maximum atomic E-state index is 10.2. The molecule has 2 aromatic carbocycles. The van der Waals surface area contributed by atoms with Crippen molar-refractivity contribution in [3.8, 4) is 34.5 Å². The number of phenols is 1. The topological polar surface area (TPSA) is 75.6 Å². The lowest BCUT2D eigenvalue weighted by Crippen LogP contribution is -2.10. The number of aromatic hydroxyl groups is 1. The molecule has 7 nitrogen and oxygen atoms in total. The van der Waals surface area contributed by atoms with E-state index in [2.05, 4.69) is 13.8 Å². The fourth-order valence-electron chi connectivity index (χ4n) is 4.11. The van der Waals surface area contributed by atoms with Crippen LogP contribution in [0.3, 0.4) is 0 Å². The van der Waals surface area contributed by atoms with Gasteiger partial charge in [0, 0.05) is 0 Å². The number of fused-ring (bicyclic) bond motifs is 1. The summed E-state index contributed by atoms with van der Waals surface area (Å²) in [6, 6.07) is 7.50. The molecule has 29 heavy (non-hydrogen) atoms. The summed E-state index contributed by atoms with van der Waals surface area (Å²) in [6.45, 7) is 4.51. The van der Waals surface area contributed by atoms with Crippen LogP contribution in [0.1, 0.15) is 37.2 Å². The molecule has 0 bridgehead atoms. The number of hydrogen-bond acceptors (Lipinski definition) is 7. The van der Waals surface area contributed by atoms with Gasteiger partial charge in [-0.2, -0.15) is 0 Å². The number of rotatable bonds is 5. The first-order valence-corrected chi connectivity index (χ1v) is 9.56. The van der Waals surface area contributed by atoms with E-state index >= 15 is 0 Å². The summed E-state index contributed by atoms with van der Waals surface area (Å²) in [5.41, 5.74) is 1.87. The third kappa shape index (κ3) is 3.19. The second-order valence-corrected chi connectivity index (χ2v) is 7.43. The van der Waals surface area contributed by atoms with Crippen molar-refractivity contribution in [3.05, 3.63) is 35.4 Å². The normalized spacial score (nSPS) is 25.1. The molecule has 0 saturated carbocycles.